The molecule has 9 heteroatoms. The van der Waals surface area contributed by atoms with E-state index >= 15 is 8.78 Å². The zero-order chi connectivity index (χ0) is 23.5. The third-order valence-corrected chi connectivity index (χ3v) is 6.98. The Labute approximate surface area is 189 Å². The summed E-state index contributed by atoms with van der Waals surface area (Å²) >= 11 is 0. The fourth-order valence-electron chi connectivity index (χ4n) is 4.88. The summed E-state index contributed by atoms with van der Waals surface area (Å²) in [6.45, 7) is 1.38. The van der Waals surface area contributed by atoms with Crippen LogP contribution in [0.3, 0.4) is 0 Å². The Bertz CT molecular complexity index is 1220. The number of allylic oxidation sites excluding steroid dienone is 1. The molecule has 1 amide bonds. The molecule has 2 atom stereocenters. The van der Waals surface area contributed by atoms with E-state index in [2.05, 4.69) is 9.97 Å². The Morgan fingerprint density at radius 3 is 2.58 bits per heavy atom. The van der Waals surface area contributed by atoms with Gasteiger partial charge in [-0.15, -0.1) is 0 Å². The standard InChI is InChI=1S/C24H24F2N4O3/c1-23(20(25)18(32-2)8-19(33-3)21(23)26)30-12-14-10-29-17(13-6-15(27)11-28-9-13)7-16(14)24(4-5-24)22(30)31/h6-11,20H,4-5,12,27H2,1-3H3. The van der Waals surface area contributed by atoms with Crippen LogP contribution in [-0.2, 0) is 26.2 Å². The summed E-state index contributed by atoms with van der Waals surface area (Å²) in [5, 5.41) is 0. The van der Waals surface area contributed by atoms with Crippen LogP contribution in [0, 0.1) is 0 Å². The maximum atomic E-state index is 15.6. The molecule has 1 saturated carbocycles. The van der Waals surface area contributed by atoms with Gasteiger partial charge in [0.1, 0.15) is 11.3 Å². The molecule has 3 aliphatic rings. The number of nitrogens with two attached hydrogens (primary N) is 1. The number of carbonyl (C=O) groups is 1. The summed E-state index contributed by atoms with van der Waals surface area (Å²) in [7, 11) is 2.60. The van der Waals surface area contributed by atoms with Crippen molar-refractivity contribution in [2.45, 2.75) is 43.4 Å². The highest BCUT2D eigenvalue weighted by atomic mass is 19.1. The molecule has 172 valence electrons. The number of amides is 1. The monoisotopic (exact) mass is 454 g/mol. The van der Waals surface area contributed by atoms with Gasteiger partial charge in [-0.1, -0.05) is 0 Å². The van der Waals surface area contributed by atoms with Crippen molar-refractivity contribution < 1.29 is 23.0 Å². The van der Waals surface area contributed by atoms with Gasteiger partial charge in [-0.25, -0.2) is 8.78 Å². The van der Waals surface area contributed by atoms with Crippen molar-refractivity contribution in [1.29, 1.82) is 0 Å². The van der Waals surface area contributed by atoms with E-state index in [9.17, 15) is 4.79 Å². The van der Waals surface area contributed by atoms with Gasteiger partial charge in [-0.3, -0.25) is 14.8 Å². The number of rotatable bonds is 4. The number of pyridine rings is 2. The normalized spacial score (nSPS) is 25.6. The summed E-state index contributed by atoms with van der Waals surface area (Å²) in [5.74, 6) is -1.41. The highest BCUT2D eigenvalue weighted by Crippen LogP contribution is 2.56. The number of nitrogens with zero attached hydrogens (tertiary/aromatic N) is 3. The van der Waals surface area contributed by atoms with Crippen molar-refractivity contribution >= 4 is 11.6 Å². The Hall–Kier alpha value is -3.49. The van der Waals surface area contributed by atoms with E-state index in [1.54, 1.807) is 24.7 Å². The molecule has 0 radical (unpaired) electrons. The number of hydrogen-bond acceptors (Lipinski definition) is 6. The number of methoxy groups -OCH3 is 2. The number of alkyl halides is 1. The molecule has 0 aromatic carbocycles. The average Bonchev–Trinajstić information content (AvgIpc) is 3.62. The predicted molar refractivity (Wildman–Crippen MR) is 117 cm³/mol. The number of ether oxygens (including phenoxy) is 2. The molecule has 1 fully saturated rings. The number of anilines is 1. The number of aromatic nitrogens is 2. The van der Waals surface area contributed by atoms with Crippen molar-refractivity contribution in [3.05, 3.63) is 65.3 Å². The summed E-state index contributed by atoms with van der Waals surface area (Å²) in [5.41, 5.74) is 6.59. The summed E-state index contributed by atoms with van der Waals surface area (Å²) in [6, 6.07) is 3.64. The van der Waals surface area contributed by atoms with Crippen molar-refractivity contribution in [3.8, 4) is 11.3 Å². The second-order valence-electron chi connectivity index (χ2n) is 8.85. The van der Waals surface area contributed by atoms with Crippen molar-refractivity contribution in [1.82, 2.24) is 14.9 Å². The third kappa shape index (κ3) is 2.94. The highest BCUT2D eigenvalue weighted by molar-refractivity contribution is 5.94. The van der Waals surface area contributed by atoms with Crippen LogP contribution in [0.1, 0.15) is 30.9 Å². The molecule has 0 bridgehead atoms. The molecule has 2 N–H and O–H groups in total. The zero-order valence-corrected chi connectivity index (χ0v) is 18.6. The lowest BCUT2D eigenvalue weighted by Gasteiger charge is -2.48. The first-order valence-corrected chi connectivity index (χ1v) is 10.6. The Morgan fingerprint density at radius 2 is 1.94 bits per heavy atom. The van der Waals surface area contributed by atoms with E-state index in [1.807, 2.05) is 6.07 Å². The van der Waals surface area contributed by atoms with E-state index < -0.39 is 23.0 Å². The summed E-state index contributed by atoms with van der Waals surface area (Å²) < 4.78 is 41.5. The molecule has 5 rings (SSSR count). The lowest BCUT2D eigenvalue weighted by molar-refractivity contribution is -0.145. The number of hydrogen-bond donors (Lipinski definition) is 1. The minimum Gasteiger partial charge on any atom is -0.498 e. The van der Waals surface area contributed by atoms with Crippen molar-refractivity contribution in [3.63, 3.8) is 0 Å². The van der Waals surface area contributed by atoms with Gasteiger partial charge < -0.3 is 20.1 Å². The fourth-order valence-corrected chi connectivity index (χ4v) is 4.88. The molecule has 7 nitrogen and oxygen atoms in total. The minimum atomic E-state index is -1.91. The molecule has 1 aliphatic heterocycles. The second kappa shape index (κ2) is 7.26. The van der Waals surface area contributed by atoms with E-state index in [0.29, 0.717) is 24.2 Å². The quantitative estimate of drug-likeness (QED) is 0.760. The molecule has 33 heavy (non-hydrogen) atoms. The van der Waals surface area contributed by atoms with Gasteiger partial charge in [0.2, 0.25) is 5.91 Å². The molecule has 2 aliphatic carbocycles. The molecular formula is C24H24F2N4O3. The lowest BCUT2D eigenvalue weighted by atomic mass is 9.79. The SMILES string of the molecule is COC1=CC(OC)=C(F)C(C)(N2Cc3cnc(-c4cncc(N)c4)cc3C3(CC3)C2=O)C1F. The van der Waals surface area contributed by atoms with Crippen LogP contribution in [0.2, 0.25) is 0 Å². The average molecular weight is 454 g/mol. The zero-order valence-electron chi connectivity index (χ0n) is 18.6. The molecule has 2 aromatic rings. The number of halogens is 2. The van der Waals surface area contributed by atoms with Crippen LogP contribution in [0.25, 0.3) is 11.3 Å². The van der Waals surface area contributed by atoms with Crippen LogP contribution in [0.5, 0.6) is 0 Å². The Balaban J connectivity index is 1.60. The number of carbonyl (C=O) groups excluding carboxylic acids is 1. The topological polar surface area (TPSA) is 90.6 Å². The fraction of sp³-hybridized carbons (Fsp3) is 0.375. The van der Waals surface area contributed by atoms with Crippen LogP contribution < -0.4 is 5.73 Å². The van der Waals surface area contributed by atoms with Gasteiger partial charge in [0.15, 0.2) is 17.8 Å². The van der Waals surface area contributed by atoms with E-state index in [4.69, 9.17) is 15.2 Å². The third-order valence-electron chi connectivity index (χ3n) is 6.98. The Morgan fingerprint density at radius 1 is 1.18 bits per heavy atom. The maximum Gasteiger partial charge on any atom is 0.234 e. The molecule has 2 unspecified atom stereocenters. The summed E-state index contributed by atoms with van der Waals surface area (Å²) in [4.78, 5) is 23.7. The van der Waals surface area contributed by atoms with Crippen LogP contribution >= 0.6 is 0 Å². The first-order valence-electron chi connectivity index (χ1n) is 10.6. The summed E-state index contributed by atoms with van der Waals surface area (Å²) in [6.07, 6.45) is 5.34. The number of nitrogen functional groups attached to an aromatic ring is 1. The lowest BCUT2D eigenvalue weighted by Crippen LogP contribution is -2.61. The van der Waals surface area contributed by atoms with Gasteiger partial charge in [0.25, 0.3) is 0 Å². The first-order chi connectivity index (χ1) is 15.8. The van der Waals surface area contributed by atoms with E-state index in [-0.39, 0.29) is 24.0 Å². The Kier molecular flexibility index (Phi) is 4.70. The van der Waals surface area contributed by atoms with E-state index in [1.165, 1.54) is 32.1 Å². The number of fused-ring (bicyclic) bond motifs is 2. The van der Waals surface area contributed by atoms with Gasteiger partial charge in [-0.05, 0) is 43.0 Å². The first kappa shape index (κ1) is 21.4. The molecule has 3 heterocycles. The molecule has 1 spiro atoms. The van der Waals surface area contributed by atoms with Gasteiger partial charge in [-0.2, -0.15) is 0 Å². The highest BCUT2D eigenvalue weighted by Gasteiger charge is 2.62. The largest absolute Gasteiger partial charge is 0.498 e. The van der Waals surface area contributed by atoms with Crippen molar-refractivity contribution in [2.75, 3.05) is 20.0 Å². The van der Waals surface area contributed by atoms with Gasteiger partial charge in [0, 0.05) is 36.8 Å². The van der Waals surface area contributed by atoms with Gasteiger partial charge >= 0.3 is 0 Å². The smallest absolute Gasteiger partial charge is 0.234 e. The van der Waals surface area contributed by atoms with Crippen LogP contribution in [0.15, 0.2) is 54.1 Å². The maximum absolute atomic E-state index is 15.6. The van der Waals surface area contributed by atoms with Crippen LogP contribution in [-0.4, -0.2) is 46.7 Å². The minimum absolute atomic E-state index is 0.0106. The van der Waals surface area contributed by atoms with Crippen molar-refractivity contribution in [2.24, 2.45) is 0 Å². The molecule has 0 saturated heterocycles. The van der Waals surface area contributed by atoms with E-state index in [0.717, 1.165) is 16.7 Å². The second-order valence-corrected chi connectivity index (χ2v) is 8.85. The predicted octanol–water partition coefficient (Wildman–Crippen LogP) is 3.57. The molecular weight excluding hydrogens is 430 g/mol. The van der Waals surface area contributed by atoms with Gasteiger partial charge in [0.05, 0.1) is 31.0 Å². The van der Waals surface area contributed by atoms with Crippen LogP contribution in [0.4, 0.5) is 14.5 Å². The molecule has 2 aromatic heterocycles.